The zero-order valence-electron chi connectivity index (χ0n) is 8.47. The molecule has 0 unspecified atom stereocenters. The van der Waals surface area contributed by atoms with Gasteiger partial charge in [-0.1, -0.05) is 0 Å². The van der Waals surface area contributed by atoms with Crippen LogP contribution in [-0.2, 0) is 4.79 Å². The standard InChI is InChI=1S/C10H8N2O4/c1-2-11-8-4-3-6(12(15)16)5-7(8)9(13)10(11)14/h3-5H,2H2,1H3. The van der Waals surface area contributed by atoms with Crippen molar-refractivity contribution in [1.29, 1.82) is 0 Å². The molecule has 2 rings (SSSR count). The fraction of sp³-hybridized carbons (Fsp3) is 0.200. The van der Waals surface area contributed by atoms with E-state index in [-0.39, 0.29) is 11.3 Å². The number of fused-ring (bicyclic) bond motifs is 1. The third-order valence-electron chi connectivity index (χ3n) is 2.48. The van der Waals surface area contributed by atoms with E-state index in [0.717, 1.165) is 6.07 Å². The monoisotopic (exact) mass is 220 g/mol. The molecule has 1 amide bonds. The second-order valence-corrected chi connectivity index (χ2v) is 3.34. The maximum Gasteiger partial charge on any atom is 0.299 e. The number of ketones is 1. The van der Waals surface area contributed by atoms with Gasteiger partial charge in [-0.3, -0.25) is 19.7 Å². The normalized spacial score (nSPS) is 14.2. The highest BCUT2D eigenvalue weighted by Gasteiger charge is 2.35. The molecule has 6 heteroatoms. The molecule has 82 valence electrons. The van der Waals surface area contributed by atoms with Gasteiger partial charge in [0, 0.05) is 18.7 Å². The lowest BCUT2D eigenvalue weighted by atomic mass is 10.1. The lowest BCUT2D eigenvalue weighted by Crippen LogP contribution is -2.29. The molecule has 1 aliphatic rings. The van der Waals surface area contributed by atoms with Crippen LogP contribution in [0.4, 0.5) is 11.4 Å². The number of carbonyl (C=O) groups is 2. The van der Waals surface area contributed by atoms with Crippen molar-refractivity contribution in [3.63, 3.8) is 0 Å². The lowest BCUT2D eigenvalue weighted by molar-refractivity contribution is -0.384. The molecule has 0 bridgehead atoms. The number of hydrogen-bond acceptors (Lipinski definition) is 4. The van der Waals surface area contributed by atoms with Gasteiger partial charge in [0.2, 0.25) is 0 Å². The third-order valence-corrected chi connectivity index (χ3v) is 2.48. The number of Topliss-reactive ketones (excluding diaryl/α,β-unsaturated/α-hetero) is 1. The van der Waals surface area contributed by atoms with Gasteiger partial charge in [0.05, 0.1) is 16.2 Å². The van der Waals surface area contributed by atoms with Crippen molar-refractivity contribution in [3.8, 4) is 0 Å². The maximum atomic E-state index is 11.5. The van der Waals surface area contributed by atoms with Crippen molar-refractivity contribution in [2.45, 2.75) is 6.92 Å². The number of nitro benzene ring substituents is 1. The summed E-state index contributed by atoms with van der Waals surface area (Å²) in [4.78, 5) is 34.3. The molecule has 1 aromatic carbocycles. The van der Waals surface area contributed by atoms with Gasteiger partial charge in [0.15, 0.2) is 0 Å². The van der Waals surface area contributed by atoms with Gasteiger partial charge >= 0.3 is 0 Å². The highest BCUT2D eigenvalue weighted by molar-refractivity contribution is 6.52. The lowest BCUT2D eigenvalue weighted by Gasteiger charge is -2.12. The van der Waals surface area contributed by atoms with E-state index >= 15 is 0 Å². The summed E-state index contributed by atoms with van der Waals surface area (Å²) in [5.41, 5.74) is 0.377. The number of anilines is 1. The smallest absolute Gasteiger partial charge is 0.299 e. The van der Waals surface area contributed by atoms with Crippen molar-refractivity contribution >= 4 is 23.1 Å². The second kappa shape index (κ2) is 3.41. The first-order valence-electron chi connectivity index (χ1n) is 4.71. The van der Waals surface area contributed by atoms with Crippen molar-refractivity contribution in [2.24, 2.45) is 0 Å². The van der Waals surface area contributed by atoms with E-state index in [1.54, 1.807) is 6.92 Å². The first-order valence-corrected chi connectivity index (χ1v) is 4.71. The highest BCUT2D eigenvalue weighted by atomic mass is 16.6. The van der Waals surface area contributed by atoms with E-state index < -0.39 is 16.6 Å². The third kappa shape index (κ3) is 1.27. The minimum Gasteiger partial charge on any atom is -0.305 e. The number of hydrogen-bond donors (Lipinski definition) is 0. The van der Waals surface area contributed by atoms with E-state index in [1.165, 1.54) is 17.0 Å². The van der Waals surface area contributed by atoms with Gasteiger partial charge in [0.25, 0.3) is 17.4 Å². The molecule has 0 N–H and O–H groups in total. The zero-order chi connectivity index (χ0) is 11.9. The van der Waals surface area contributed by atoms with Crippen LogP contribution in [0.15, 0.2) is 18.2 Å². The van der Waals surface area contributed by atoms with E-state index in [1.807, 2.05) is 0 Å². The Morgan fingerprint density at radius 3 is 2.62 bits per heavy atom. The number of non-ortho nitro benzene ring substituents is 1. The van der Waals surface area contributed by atoms with E-state index in [9.17, 15) is 19.7 Å². The molecule has 0 fully saturated rings. The molecular weight excluding hydrogens is 212 g/mol. The van der Waals surface area contributed by atoms with Crippen molar-refractivity contribution < 1.29 is 14.5 Å². The molecule has 0 saturated carbocycles. The number of amides is 1. The average Bonchev–Trinajstić information content (AvgIpc) is 2.51. The Bertz CT molecular complexity index is 510. The maximum absolute atomic E-state index is 11.5. The Hall–Kier alpha value is -2.24. The van der Waals surface area contributed by atoms with Gasteiger partial charge in [-0.15, -0.1) is 0 Å². The fourth-order valence-electron chi connectivity index (χ4n) is 1.72. The Morgan fingerprint density at radius 2 is 2.06 bits per heavy atom. The molecule has 0 atom stereocenters. The quantitative estimate of drug-likeness (QED) is 0.425. The summed E-state index contributed by atoms with van der Waals surface area (Å²) in [6.45, 7) is 2.11. The van der Waals surface area contributed by atoms with Gasteiger partial charge in [-0.2, -0.15) is 0 Å². The molecule has 1 aromatic rings. The van der Waals surface area contributed by atoms with Crippen molar-refractivity contribution in [3.05, 3.63) is 33.9 Å². The van der Waals surface area contributed by atoms with Crippen molar-refractivity contribution in [2.75, 3.05) is 11.4 Å². The highest BCUT2D eigenvalue weighted by Crippen LogP contribution is 2.31. The summed E-state index contributed by atoms with van der Waals surface area (Å²) in [6, 6.07) is 3.86. The Kier molecular flexibility index (Phi) is 2.19. The van der Waals surface area contributed by atoms with E-state index in [4.69, 9.17) is 0 Å². The van der Waals surface area contributed by atoms with Gasteiger partial charge in [-0.05, 0) is 13.0 Å². The van der Waals surface area contributed by atoms with Crippen LogP contribution in [0.2, 0.25) is 0 Å². The van der Waals surface area contributed by atoms with Gasteiger partial charge < -0.3 is 4.90 Å². The molecule has 6 nitrogen and oxygen atoms in total. The number of nitro groups is 1. The summed E-state index contributed by atoms with van der Waals surface area (Å²) >= 11 is 0. The number of carbonyl (C=O) groups excluding carboxylic acids is 2. The average molecular weight is 220 g/mol. The SMILES string of the molecule is CCN1C(=O)C(=O)c2cc([N+](=O)[O-])ccc21. The van der Waals surface area contributed by atoms with Crippen LogP contribution >= 0.6 is 0 Å². The summed E-state index contributed by atoms with van der Waals surface area (Å²) in [5.74, 6) is -1.31. The minimum absolute atomic E-state index is 0.112. The second-order valence-electron chi connectivity index (χ2n) is 3.34. The Morgan fingerprint density at radius 1 is 1.38 bits per heavy atom. The molecule has 0 spiro atoms. The van der Waals surface area contributed by atoms with E-state index in [2.05, 4.69) is 0 Å². The van der Waals surface area contributed by atoms with Crippen LogP contribution < -0.4 is 4.90 Å². The van der Waals surface area contributed by atoms with E-state index in [0.29, 0.717) is 12.2 Å². The first kappa shape index (κ1) is 10.3. The van der Waals surface area contributed by atoms with Crippen LogP contribution in [-0.4, -0.2) is 23.2 Å². The van der Waals surface area contributed by atoms with Crippen LogP contribution in [0.1, 0.15) is 17.3 Å². The molecule has 0 aliphatic carbocycles. The molecule has 1 heterocycles. The van der Waals surface area contributed by atoms with Crippen LogP contribution in [0.3, 0.4) is 0 Å². The Balaban J connectivity index is 2.58. The molecular formula is C10H8N2O4. The Labute approximate surface area is 90.6 Å². The summed E-state index contributed by atoms with van der Waals surface area (Å²) in [5, 5.41) is 10.5. The molecule has 0 saturated heterocycles. The van der Waals surface area contributed by atoms with Crippen LogP contribution in [0.5, 0.6) is 0 Å². The van der Waals surface area contributed by atoms with Crippen molar-refractivity contribution in [1.82, 2.24) is 0 Å². The topological polar surface area (TPSA) is 80.5 Å². The zero-order valence-corrected chi connectivity index (χ0v) is 8.47. The predicted molar refractivity (Wildman–Crippen MR) is 55.5 cm³/mol. The summed E-state index contributed by atoms with van der Waals surface area (Å²) in [6.07, 6.45) is 0. The van der Waals surface area contributed by atoms with Crippen LogP contribution in [0, 0.1) is 10.1 Å². The van der Waals surface area contributed by atoms with Crippen LogP contribution in [0.25, 0.3) is 0 Å². The van der Waals surface area contributed by atoms with Gasteiger partial charge in [-0.25, -0.2) is 0 Å². The minimum atomic E-state index is -0.680. The summed E-state index contributed by atoms with van der Waals surface area (Å²) < 4.78 is 0. The number of nitrogens with zero attached hydrogens (tertiary/aromatic N) is 2. The molecule has 1 aliphatic heterocycles. The molecule has 16 heavy (non-hydrogen) atoms. The number of rotatable bonds is 2. The van der Waals surface area contributed by atoms with Gasteiger partial charge in [0.1, 0.15) is 0 Å². The largest absolute Gasteiger partial charge is 0.305 e. The number of benzene rings is 1. The first-order chi connectivity index (χ1) is 7.56. The molecule has 0 radical (unpaired) electrons. The predicted octanol–water partition coefficient (Wildman–Crippen LogP) is 1.14. The fourth-order valence-corrected chi connectivity index (χ4v) is 1.72. The number of likely N-dealkylation sites (N-methyl/N-ethyl adjacent to an activating group) is 1. The molecule has 0 aromatic heterocycles. The summed E-state index contributed by atoms with van der Waals surface area (Å²) in [7, 11) is 0.